The molecule has 0 spiro atoms. The second kappa shape index (κ2) is 12.4. The van der Waals surface area contributed by atoms with Gasteiger partial charge in [0.15, 0.2) is 5.82 Å². The number of halogens is 1. The molecule has 0 amide bonds. The van der Waals surface area contributed by atoms with Gasteiger partial charge in [-0.1, -0.05) is 12.1 Å². The number of esters is 1. The van der Waals surface area contributed by atoms with Gasteiger partial charge in [-0.15, -0.1) is 4.72 Å². The summed E-state index contributed by atoms with van der Waals surface area (Å²) in [4.78, 5) is 16.4. The first-order chi connectivity index (χ1) is 19.0. The van der Waals surface area contributed by atoms with Gasteiger partial charge in [-0.2, -0.15) is 0 Å². The van der Waals surface area contributed by atoms with Crippen molar-refractivity contribution in [3.05, 3.63) is 82.6 Å². The first-order valence-corrected chi connectivity index (χ1v) is 14.3. The standard InChI is InChI=1S/C31H35FN2O5S/c1-7-37-27(35)16-22-9-8-19(2)20(3)29(22)39-18-21-14-23-11-13-38-30(23)25(15-21)24-10-12-33-26(28(24)32)17-34-40(36)31(4,5)6/h8-15,34H,7,16-18H2,1-6H3/t40-/m0/s1. The van der Waals surface area contributed by atoms with Crippen molar-refractivity contribution in [3.63, 3.8) is 0 Å². The van der Waals surface area contributed by atoms with Gasteiger partial charge in [0.25, 0.3) is 0 Å². The number of benzene rings is 2. The van der Waals surface area contributed by atoms with Gasteiger partial charge >= 0.3 is 5.97 Å². The summed E-state index contributed by atoms with van der Waals surface area (Å²) < 4.78 is 47.7. The zero-order valence-corrected chi connectivity index (χ0v) is 24.5. The van der Waals surface area contributed by atoms with Crippen molar-refractivity contribution in [2.45, 2.75) is 65.9 Å². The smallest absolute Gasteiger partial charge is 0.310 e. The zero-order valence-electron chi connectivity index (χ0n) is 23.7. The average Bonchev–Trinajstić information content (AvgIpc) is 3.38. The molecule has 0 saturated heterocycles. The van der Waals surface area contributed by atoms with E-state index >= 15 is 4.39 Å². The molecular weight excluding hydrogens is 531 g/mol. The summed E-state index contributed by atoms with van der Waals surface area (Å²) in [6.45, 7) is 11.8. The molecule has 0 bridgehead atoms. The maximum Gasteiger partial charge on any atom is 0.310 e. The van der Waals surface area contributed by atoms with E-state index in [-0.39, 0.29) is 31.2 Å². The van der Waals surface area contributed by atoms with Crippen LogP contribution in [0, 0.1) is 19.7 Å². The van der Waals surface area contributed by atoms with E-state index in [0.717, 1.165) is 27.6 Å². The molecule has 0 unspecified atom stereocenters. The number of hydrogen-bond acceptors (Lipinski definition) is 7. The van der Waals surface area contributed by atoms with Gasteiger partial charge in [0, 0.05) is 39.6 Å². The predicted molar refractivity (Wildman–Crippen MR) is 155 cm³/mol. The number of nitrogens with zero attached hydrogens (tertiary/aromatic N) is 1. The van der Waals surface area contributed by atoms with Crippen LogP contribution in [0.25, 0.3) is 22.1 Å². The molecule has 2 aromatic carbocycles. The van der Waals surface area contributed by atoms with Crippen LogP contribution >= 0.6 is 0 Å². The van der Waals surface area contributed by atoms with E-state index in [1.807, 2.05) is 65.0 Å². The Hall–Kier alpha value is -3.40. The van der Waals surface area contributed by atoms with Crippen LogP contribution in [0.3, 0.4) is 0 Å². The molecule has 4 rings (SSSR count). The highest BCUT2D eigenvalue weighted by Gasteiger charge is 2.27. The Balaban J connectivity index is 1.65. The Morgan fingerprint density at radius 1 is 1.15 bits per heavy atom. The number of aryl methyl sites for hydroxylation is 1. The number of carbonyl (C=O) groups is 1. The number of aromatic nitrogens is 1. The highest BCUT2D eigenvalue weighted by atomic mass is 32.2. The molecule has 4 aromatic rings. The lowest BCUT2D eigenvalue weighted by atomic mass is 10.00. The second-order valence-corrected chi connectivity index (χ2v) is 12.6. The number of pyridine rings is 1. The lowest BCUT2D eigenvalue weighted by Crippen LogP contribution is -2.39. The summed E-state index contributed by atoms with van der Waals surface area (Å²) >= 11 is -1.37. The van der Waals surface area contributed by atoms with E-state index < -0.39 is 21.9 Å². The minimum absolute atomic E-state index is 0.0174. The van der Waals surface area contributed by atoms with Gasteiger partial charge in [-0.05, 0) is 82.5 Å². The third kappa shape index (κ3) is 6.66. The Kier molecular flexibility index (Phi) is 9.18. The quantitative estimate of drug-likeness (QED) is 0.173. The number of fused-ring (bicyclic) bond motifs is 1. The summed E-state index contributed by atoms with van der Waals surface area (Å²) in [5.74, 6) is -0.192. The molecule has 2 aromatic heterocycles. The fourth-order valence-electron chi connectivity index (χ4n) is 4.31. The minimum atomic E-state index is -1.37. The van der Waals surface area contributed by atoms with Crippen LogP contribution in [-0.2, 0) is 40.5 Å². The molecule has 0 radical (unpaired) electrons. The molecule has 212 valence electrons. The first kappa shape index (κ1) is 29.6. The average molecular weight is 567 g/mol. The van der Waals surface area contributed by atoms with Gasteiger partial charge in [0.2, 0.25) is 0 Å². The number of nitrogens with one attached hydrogen (secondary N) is 1. The summed E-state index contributed by atoms with van der Waals surface area (Å²) in [5.41, 5.74) is 5.12. The molecule has 1 atom stereocenters. The molecule has 0 fully saturated rings. The maximum atomic E-state index is 15.7. The van der Waals surface area contributed by atoms with E-state index in [0.29, 0.717) is 29.1 Å². The molecule has 2 heterocycles. The summed E-state index contributed by atoms with van der Waals surface area (Å²) in [7, 11) is 0. The van der Waals surface area contributed by atoms with Gasteiger partial charge in [-0.25, -0.2) is 4.39 Å². The van der Waals surface area contributed by atoms with E-state index in [9.17, 15) is 9.35 Å². The van der Waals surface area contributed by atoms with Crippen LogP contribution in [0.15, 0.2) is 53.3 Å². The summed E-state index contributed by atoms with van der Waals surface area (Å²) in [6, 6.07) is 11.0. The van der Waals surface area contributed by atoms with Crippen LogP contribution in [0.1, 0.15) is 55.6 Å². The van der Waals surface area contributed by atoms with Crippen LogP contribution in [0.2, 0.25) is 0 Å². The zero-order chi connectivity index (χ0) is 29.0. The Morgan fingerprint density at radius 3 is 2.65 bits per heavy atom. The summed E-state index contributed by atoms with van der Waals surface area (Å²) in [5, 5.41) is 0.800. The third-order valence-corrected chi connectivity index (χ3v) is 8.09. The fraction of sp³-hybridized carbons (Fsp3) is 0.355. The van der Waals surface area contributed by atoms with E-state index in [4.69, 9.17) is 13.9 Å². The van der Waals surface area contributed by atoms with E-state index in [1.165, 1.54) is 6.20 Å². The Labute approximate surface area is 237 Å². The van der Waals surface area contributed by atoms with Crippen LogP contribution in [0.4, 0.5) is 4.39 Å². The van der Waals surface area contributed by atoms with Crippen molar-refractivity contribution in [1.29, 1.82) is 0 Å². The monoisotopic (exact) mass is 566 g/mol. The topological polar surface area (TPSA) is 96.7 Å². The van der Waals surface area contributed by atoms with Crippen molar-refractivity contribution < 1.29 is 27.6 Å². The number of hydrogen-bond donors (Lipinski definition) is 1. The minimum Gasteiger partial charge on any atom is -0.598 e. The van der Waals surface area contributed by atoms with Crippen molar-refractivity contribution in [3.8, 4) is 16.9 Å². The lowest BCUT2D eigenvalue weighted by Gasteiger charge is -2.23. The normalized spacial score (nSPS) is 12.5. The molecule has 0 aliphatic carbocycles. The van der Waals surface area contributed by atoms with Crippen LogP contribution in [-0.4, -0.2) is 26.9 Å². The van der Waals surface area contributed by atoms with E-state index in [1.54, 1.807) is 19.3 Å². The maximum absolute atomic E-state index is 15.7. The number of carbonyl (C=O) groups excluding carboxylic acids is 1. The number of rotatable bonds is 10. The van der Waals surface area contributed by atoms with Gasteiger partial charge < -0.3 is 18.4 Å². The van der Waals surface area contributed by atoms with Crippen LogP contribution in [0.5, 0.6) is 5.75 Å². The molecule has 0 aliphatic heterocycles. The second-order valence-electron chi connectivity index (χ2n) is 10.6. The highest BCUT2D eigenvalue weighted by Crippen LogP contribution is 2.34. The van der Waals surface area contributed by atoms with Crippen molar-refractivity contribution >= 4 is 28.3 Å². The molecule has 7 nitrogen and oxygen atoms in total. The fourth-order valence-corrected chi connectivity index (χ4v) is 5.01. The van der Waals surface area contributed by atoms with Gasteiger partial charge in [0.1, 0.15) is 22.7 Å². The van der Waals surface area contributed by atoms with Gasteiger partial charge in [0.05, 0.1) is 31.5 Å². The summed E-state index contributed by atoms with van der Waals surface area (Å²) in [6.07, 6.45) is 3.20. The Bertz CT molecular complexity index is 1510. The van der Waals surface area contributed by atoms with Crippen molar-refractivity contribution in [2.24, 2.45) is 0 Å². The largest absolute Gasteiger partial charge is 0.598 e. The first-order valence-electron chi connectivity index (χ1n) is 13.2. The SMILES string of the molecule is CCOC(=O)Cc1ccc(C)c(C)c1OCc1cc(-c2ccnc(CN[S@@+]([O-])C(C)(C)C)c2F)c2occc2c1. The third-order valence-electron chi connectivity index (χ3n) is 6.57. The Morgan fingerprint density at radius 2 is 1.93 bits per heavy atom. The molecule has 1 N–H and O–H groups in total. The molecule has 0 saturated carbocycles. The number of ether oxygens (including phenoxy) is 2. The van der Waals surface area contributed by atoms with Crippen molar-refractivity contribution in [1.82, 2.24) is 9.71 Å². The van der Waals surface area contributed by atoms with Crippen LogP contribution < -0.4 is 9.46 Å². The molecule has 9 heteroatoms. The number of furan rings is 1. The molecule has 0 aliphatic rings. The lowest BCUT2D eigenvalue weighted by molar-refractivity contribution is -0.142. The molecular formula is C31H35FN2O5S. The highest BCUT2D eigenvalue weighted by molar-refractivity contribution is 7.90. The van der Waals surface area contributed by atoms with Gasteiger partial charge in [-0.3, -0.25) is 9.78 Å². The van der Waals surface area contributed by atoms with Crippen molar-refractivity contribution in [2.75, 3.05) is 6.61 Å². The predicted octanol–water partition coefficient (Wildman–Crippen LogP) is 6.49. The molecule has 40 heavy (non-hydrogen) atoms. The van der Waals surface area contributed by atoms with E-state index in [2.05, 4.69) is 9.71 Å².